The third-order valence-electron chi connectivity index (χ3n) is 3.34. The molecule has 0 radical (unpaired) electrons. The molecule has 1 aliphatic heterocycles. The summed E-state index contributed by atoms with van der Waals surface area (Å²) in [5.41, 5.74) is 3.89. The molecular weight excluding hydrogens is 230 g/mol. The van der Waals surface area contributed by atoms with E-state index >= 15 is 0 Å². The van der Waals surface area contributed by atoms with Crippen LogP contribution in [-0.4, -0.2) is 18.6 Å². The third-order valence-corrected chi connectivity index (χ3v) is 3.34. The highest BCUT2D eigenvalue weighted by Gasteiger charge is 2.32. The van der Waals surface area contributed by atoms with Crippen LogP contribution in [0.2, 0.25) is 0 Å². The molecule has 1 heterocycles. The minimum absolute atomic E-state index is 0.103. The summed E-state index contributed by atoms with van der Waals surface area (Å²) < 4.78 is 0. The maximum atomic E-state index is 11.4. The van der Waals surface area contributed by atoms with E-state index in [1.807, 2.05) is 6.92 Å². The Morgan fingerprint density at radius 3 is 2.33 bits per heavy atom. The predicted octanol–water partition coefficient (Wildman–Crippen LogP) is 1.57. The van der Waals surface area contributed by atoms with Crippen LogP contribution < -0.4 is 5.32 Å². The van der Waals surface area contributed by atoms with Crippen molar-refractivity contribution in [3.63, 3.8) is 0 Å². The first-order valence-corrected chi connectivity index (χ1v) is 5.85. The number of rotatable bonds is 1. The van der Waals surface area contributed by atoms with E-state index in [0.29, 0.717) is 5.92 Å². The monoisotopic (exact) mass is 247 g/mol. The van der Waals surface area contributed by atoms with E-state index in [2.05, 4.69) is 37.4 Å². The zero-order valence-corrected chi connectivity index (χ0v) is 10.8. The van der Waals surface area contributed by atoms with Crippen LogP contribution in [0.25, 0.3) is 0 Å². The Labute approximate surface area is 106 Å². The molecule has 1 aromatic rings. The van der Waals surface area contributed by atoms with Crippen molar-refractivity contribution in [1.82, 2.24) is 5.32 Å². The number of carbonyl (C=O) groups is 1. The van der Waals surface area contributed by atoms with E-state index in [4.69, 9.17) is 9.59 Å². The molecule has 1 N–H and O–H groups in total. The molecule has 0 aromatic heterocycles. The molecule has 1 amide bonds. The highest BCUT2D eigenvalue weighted by molar-refractivity contribution is 5.82. The normalized spacial score (nSPS) is 21.6. The van der Waals surface area contributed by atoms with Crippen LogP contribution in [0.5, 0.6) is 0 Å². The standard InChI is InChI=1S/C13H17NO.CO2/c1-8-4-5-11(9(2)6-8)12-7-14-13(15)10(12)3;2-1-3/h4-6,10,12H,7H2,1-3H3,(H,14,15);/t10-,12+;/m0./s1. The van der Waals surface area contributed by atoms with E-state index in [0.717, 1.165) is 6.54 Å². The summed E-state index contributed by atoms with van der Waals surface area (Å²) in [7, 11) is 0. The van der Waals surface area contributed by atoms with Crippen molar-refractivity contribution in [2.24, 2.45) is 5.92 Å². The molecule has 0 aliphatic carbocycles. The van der Waals surface area contributed by atoms with Crippen LogP contribution >= 0.6 is 0 Å². The van der Waals surface area contributed by atoms with Crippen LogP contribution in [0.3, 0.4) is 0 Å². The Morgan fingerprint density at radius 2 is 1.89 bits per heavy atom. The zero-order chi connectivity index (χ0) is 13.7. The van der Waals surface area contributed by atoms with E-state index in [1.165, 1.54) is 16.7 Å². The number of hydrogen-bond acceptors (Lipinski definition) is 3. The lowest BCUT2D eigenvalue weighted by Gasteiger charge is -2.16. The average Bonchev–Trinajstić information content (AvgIpc) is 2.62. The van der Waals surface area contributed by atoms with Crippen molar-refractivity contribution < 1.29 is 14.4 Å². The van der Waals surface area contributed by atoms with Crippen molar-refractivity contribution in [3.8, 4) is 0 Å². The van der Waals surface area contributed by atoms with Crippen molar-refractivity contribution in [2.75, 3.05) is 6.54 Å². The first-order valence-electron chi connectivity index (χ1n) is 5.85. The number of hydrogen-bond donors (Lipinski definition) is 1. The number of nitrogens with one attached hydrogen (secondary N) is 1. The van der Waals surface area contributed by atoms with Gasteiger partial charge in [0.25, 0.3) is 0 Å². The maximum absolute atomic E-state index is 11.4. The summed E-state index contributed by atoms with van der Waals surface area (Å²) >= 11 is 0. The summed E-state index contributed by atoms with van der Waals surface area (Å²) in [4.78, 5) is 27.7. The van der Waals surface area contributed by atoms with Gasteiger partial charge in [0, 0.05) is 18.4 Å². The Hall–Kier alpha value is -1.93. The molecule has 0 unspecified atom stereocenters. The lowest BCUT2D eigenvalue weighted by atomic mass is 9.87. The second-order valence-corrected chi connectivity index (χ2v) is 4.58. The van der Waals surface area contributed by atoms with Gasteiger partial charge in [-0.25, -0.2) is 0 Å². The Morgan fingerprint density at radius 1 is 1.28 bits per heavy atom. The van der Waals surface area contributed by atoms with Gasteiger partial charge in [0.05, 0.1) is 0 Å². The van der Waals surface area contributed by atoms with E-state index in [9.17, 15) is 4.79 Å². The highest BCUT2D eigenvalue weighted by Crippen LogP contribution is 2.30. The largest absolute Gasteiger partial charge is 0.373 e. The van der Waals surface area contributed by atoms with Gasteiger partial charge < -0.3 is 5.32 Å². The molecule has 18 heavy (non-hydrogen) atoms. The number of amides is 1. The highest BCUT2D eigenvalue weighted by atomic mass is 16.2. The average molecular weight is 247 g/mol. The third kappa shape index (κ3) is 3.05. The number of aryl methyl sites for hydroxylation is 2. The maximum Gasteiger partial charge on any atom is 0.373 e. The van der Waals surface area contributed by atoms with Gasteiger partial charge in [0.15, 0.2) is 0 Å². The molecule has 96 valence electrons. The minimum Gasteiger partial charge on any atom is -0.355 e. The van der Waals surface area contributed by atoms with Crippen LogP contribution in [0.1, 0.15) is 29.5 Å². The van der Waals surface area contributed by atoms with Crippen molar-refractivity contribution in [2.45, 2.75) is 26.7 Å². The summed E-state index contributed by atoms with van der Waals surface area (Å²) in [6, 6.07) is 6.47. The molecule has 1 aliphatic rings. The summed E-state index contributed by atoms with van der Waals surface area (Å²) in [5, 5.41) is 2.92. The van der Waals surface area contributed by atoms with Gasteiger partial charge in [0.1, 0.15) is 0 Å². The SMILES string of the molecule is Cc1ccc([C@@H]2CNC(=O)[C@H]2C)c(C)c1.O=C=O. The fraction of sp³-hybridized carbons (Fsp3) is 0.429. The summed E-state index contributed by atoms with van der Waals surface area (Å²) in [6.07, 6.45) is 0.250. The van der Waals surface area contributed by atoms with Gasteiger partial charge in [-0.05, 0) is 25.0 Å². The van der Waals surface area contributed by atoms with Crippen molar-refractivity contribution in [1.29, 1.82) is 0 Å². The Bertz CT molecular complexity index is 476. The van der Waals surface area contributed by atoms with Gasteiger partial charge in [0.2, 0.25) is 5.91 Å². The second kappa shape index (κ2) is 6.12. The van der Waals surface area contributed by atoms with Gasteiger partial charge in [-0.15, -0.1) is 0 Å². The van der Waals surface area contributed by atoms with Crippen LogP contribution in [0.15, 0.2) is 18.2 Å². The quantitative estimate of drug-likeness (QED) is 0.819. The Kier molecular flexibility index (Phi) is 4.81. The molecule has 0 saturated carbocycles. The molecule has 4 nitrogen and oxygen atoms in total. The molecule has 2 atom stereocenters. The second-order valence-electron chi connectivity index (χ2n) is 4.58. The first kappa shape index (κ1) is 14.1. The van der Waals surface area contributed by atoms with Crippen molar-refractivity contribution in [3.05, 3.63) is 34.9 Å². The molecule has 0 bridgehead atoms. The molecular formula is C14H17NO3. The topological polar surface area (TPSA) is 63.2 Å². The molecule has 1 saturated heterocycles. The van der Waals surface area contributed by atoms with Crippen molar-refractivity contribution >= 4 is 12.1 Å². The lowest BCUT2D eigenvalue weighted by Crippen LogP contribution is -2.16. The molecule has 4 heteroatoms. The van der Waals surface area contributed by atoms with E-state index in [-0.39, 0.29) is 18.0 Å². The lowest BCUT2D eigenvalue weighted by molar-refractivity contribution is -0.191. The van der Waals surface area contributed by atoms with Gasteiger partial charge in [-0.1, -0.05) is 30.7 Å². The summed E-state index contributed by atoms with van der Waals surface area (Å²) in [6.45, 7) is 7.01. The van der Waals surface area contributed by atoms with Gasteiger partial charge >= 0.3 is 6.15 Å². The number of benzene rings is 1. The van der Waals surface area contributed by atoms with Crippen LogP contribution in [0.4, 0.5) is 0 Å². The number of carbonyl (C=O) groups excluding carboxylic acids is 3. The fourth-order valence-electron chi connectivity index (χ4n) is 2.35. The van der Waals surface area contributed by atoms with Gasteiger partial charge in [-0.2, -0.15) is 9.59 Å². The smallest absolute Gasteiger partial charge is 0.355 e. The molecule has 0 spiro atoms. The fourth-order valence-corrected chi connectivity index (χ4v) is 2.35. The molecule has 2 rings (SSSR count). The Balaban J connectivity index is 0.000000492. The predicted molar refractivity (Wildman–Crippen MR) is 65.8 cm³/mol. The van der Waals surface area contributed by atoms with Gasteiger partial charge in [-0.3, -0.25) is 4.79 Å². The van der Waals surface area contributed by atoms with Crippen LogP contribution in [0, 0.1) is 19.8 Å². The summed E-state index contributed by atoms with van der Waals surface area (Å²) in [5.74, 6) is 0.629. The van der Waals surface area contributed by atoms with Crippen LogP contribution in [-0.2, 0) is 14.4 Å². The van der Waals surface area contributed by atoms with E-state index in [1.54, 1.807) is 0 Å². The molecule has 1 fully saturated rings. The first-order chi connectivity index (χ1) is 8.51. The zero-order valence-electron chi connectivity index (χ0n) is 10.8. The van der Waals surface area contributed by atoms with E-state index < -0.39 is 0 Å². The molecule has 1 aromatic carbocycles. The minimum atomic E-state index is 0.103.